The molecule has 0 saturated carbocycles. The Morgan fingerprint density at radius 3 is 2.68 bits per heavy atom. The Morgan fingerprint density at radius 1 is 1.21 bits per heavy atom. The molecular weight excluding hydrogens is 451 g/mol. The predicted octanol–water partition coefficient (Wildman–Crippen LogP) is 5.70. The average molecular weight is 483 g/mol. The molecule has 180 valence electrons. The van der Waals surface area contributed by atoms with Crippen LogP contribution < -0.4 is 10.2 Å². The van der Waals surface area contributed by atoms with Crippen molar-refractivity contribution in [3.05, 3.63) is 66.0 Å². The van der Waals surface area contributed by atoms with Crippen LogP contribution in [-0.2, 0) is 11.3 Å². The van der Waals surface area contributed by atoms with E-state index >= 15 is 0 Å². The maximum Gasteiger partial charge on any atom is 0.233 e. The van der Waals surface area contributed by atoms with Gasteiger partial charge in [-0.2, -0.15) is 0 Å². The molecule has 6 nitrogen and oxygen atoms in total. The van der Waals surface area contributed by atoms with Gasteiger partial charge in [-0.1, -0.05) is 35.5 Å². The Hall–Kier alpha value is -2.97. The number of benzene rings is 2. The standard InChI is InChI=1S/C26H31FN4O2S/c1-19-8-6-7-15-31(19)25-23(24(29-33-25)20-9-4-3-5-10-20)18-30(16-17-32-2)26(34)28-22-13-11-21(27)12-14-22/h3-5,9-14,19H,6-8,15-18H2,1-2H3,(H,28,34)/t19-/m0/s1. The van der Waals surface area contributed by atoms with Crippen molar-refractivity contribution in [1.29, 1.82) is 0 Å². The van der Waals surface area contributed by atoms with Crippen molar-refractivity contribution in [2.75, 3.05) is 37.0 Å². The number of rotatable bonds is 8. The van der Waals surface area contributed by atoms with Crippen LogP contribution in [0.1, 0.15) is 31.7 Å². The number of hydrogen-bond acceptors (Lipinski definition) is 5. The van der Waals surface area contributed by atoms with Crippen LogP contribution in [0.25, 0.3) is 11.3 Å². The Morgan fingerprint density at radius 2 is 1.97 bits per heavy atom. The summed E-state index contributed by atoms with van der Waals surface area (Å²) >= 11 is 5.76. The Bertz CT molecular complexity index is 1070. The van der Waals surface area contributed by atoms with Crippen molar-refractivity contribution in [3.8, 4) is 11.3 Å². The van der Waals surface area contributed by atoms with E-state index in [9.17, 15) is 4.39 Å². The SMILES string of the molecule is COCCN(Cc1c(-c2ccccc2)noc1N1CCCC[C@@H]1C)C(=S)Nc1ccc(F)cc1. The third-order valence-electron chi connectivity index (χ3n) is 6.18. The summed E-state index contributed by atoms with van der Waals surface area (Å²) in [5.74, 6) is 0.517. The molecule has 0 spiro atoms. The molecule has 0 bridgehead atoms. The number of nitrogens with zero attached hydrogens (tertiary/aromatic N) is 3. The summed E-state index contributed by atoms with van der Waals surface area (Å²) < 4.78 is 24.7. The lowest BCUT2D eigenvalue weighted by atomic mass is 10.0. The molecular formula is C26H31FN4O2S. The molecule has 8 heteroatoms. The molecule has 1 N–H and O–H groups in total. The number of anilines is 2. The molecule has 1 aliphatic heterocycles. The van der Waals surface area contributed by atoms with Crippen molar-refractivity contribution in [3.63, 3.8) is 0 Å². The molecule has 0 radical (unpaired) electrons. The van der Waals surface area contributed by atoms with Gasteiger partial charge >= 0.3 is 0 Å². The number of piperidine rings is 1. The number of methoxy groups -OCH3 is 1. The summed E-state index contributed by atoms with van der Waals surface area (Å²) in [5, 5.41) is 8.26. The van der Waals surface area contributed by atoms with E-state index in [-0.39, 0.29) is 5.82 Å². The number of hydrogen-bond donors (Lipinski definition) is 1. The Kier molecular flexibility index (Phi) is 8.13. The van der Waals surface area contributed by atoms with Gasteiger partial charge in [0.25, 0.3) is 0 Å². The fourth-order valence-electron chi connectivity index (χ4n) is 4.27. The van der Waals surface area contributed by atoms with Crippen LogP contribution in [0.15, 0.2) is 59.1 Å². The maximum absolute atomic E-state index is 13.4. The molecule has 2 heterocycles. The minimum atomic E-state index is -0.287. The minimum absolute atomic E-state index is 0.287. The van der Waals surface area contributed by atoms with Gasteiger partial charge in [-0.15, -0.1) is 0 Å². The van der Waals surface area contributed by atoms with Gasteiger partial charge < -0.3 is 24.4 Å². The van der Waals surface area contributed by atoms with Gasteiger partial charge in [0, 0.05) is 37.5 Å². The van der Waals surface area contributed by atoms with Crippen LogP contribution in [-0.4, -0.2) is 48.0 Å². The lowest BCUT2D eigenvalue weighted by molar-refractivity contribution is 0.175. The second kappa shape index (κ2) is 11.4. The topological polar surface area (TPSA) is 53.8 Å². The van der Waals surface area contributed by atoms with Crippen molar-refractivity contribution in [2.45, 2.75) is 38.8 Å². The zero-order chi connectivity index (χ0) is 23.9. The van der Waals surface area contributed by atoms with Crippen molar-refractivity contribution in [2.24, 2.45) is 0 Å². The molecule has 3 aromatic rings. The predicted molar refractivity (Wildman–Crippen MR) is 138 cm³/mol. The molecule has 4 rings (SSSR count). The molecule has 1 fully saturated rings. The largest absolute Gasteiger partial charge is 0.383 e. The second-order valence-electron chi connectivity index (χ2n) is 8.57. The molecule has 0 aliphatic carbocycles. The van der Waals surface area contributed by atoms with Crippen LogP contribution in [0.5, 0.6) is 0 Å². The normalized spacial score (nSPS) is 15.9. The zero-order valence-corrected chi connectivity index (χ0v) is 20.5. The summed E-state index contributed by atoms with van der Waals surface area (Å²) in [6.07, 6.45) is 3.47. The molecule has 1 aromatic heterocycles. The van der Waals surface area contributed by atoms with Crippen LogP contribution >= 0.6 is 12.2 Å². The fourth-order valence-corrected chi connectivity index (χ4v) is 4.55. The van der Waals surface area contributed by atoms with Gasteiger partial charge in [-0.05, 0) is 62.7 Å². The zero-order valence-electron chi connectivity index (χ0n) is 19.7. The van der Waals surface area contributed by atoms with Crippen LogP contribution in [0, 0.1) is 5.82 Å². The molecule has 0 unspecified atom stereocenters. The van der Waals surface area contributed by atoms with Crippen LogP contribution in [0.2, 0.25) is 0 Å². The van der Waals surface area contributed by atoms with E-state index in [4.69, 9.17) is 21.5 Å². The van der Waals surface area contributed by atoms with Crippen molar-refractivity contribution in [1.82, 2.24) is 10.1 Å². The number of aromatic nitrogens is 1. The third kappa shape index (κ3) is 5.74. The monoisotopic (exact) mass is 482 g/mol. The van der Waals surface area contributed by atoms with Gasteiger partial charge in [0.15, 0.2) is 5.11 Å². The second-order valence-corrected chi connectivity index (χ2v) is 8.96. The third-order valence-corrected chi connectivity index (χ3v) is 6.54. The highest BCUT2D eigenvalue weighted by atomic mass is 32.1. The van der Waals surface area contributed by atoms with Gasteiger partial charge in [-0.3, -0.25) is 0 Å². The van der Waals surface area contributed by atoms with Crippen molar-refractivity contribution < 1.29 is 13.7 Å². The fraction of sp³-hybridized carbons (Fsp3) is 0.385. The quantitative estimate of drug-likeness (QED) is 0.413. The molecule has 0 amide bonds. The lowest BCUT2D eigenvalue weighted by Gasteiger charge is -2.34. The van der Waals surface area contributed by atoms with E-state index in [1.165, 1.54) is 18.6 Å². The molecule has 1 aliphatic rings. The molecule has 2 aromatic carbocycles. The summed E-state index contributed by atoms with van der Waals surface area (Å²) in [7, 11) is 1.67. The Labute approximate surface area is 205 Å². The summed E-state index contributed by atoms with van der Waals surface area (Å²) in [5.41, 5.74) is 3.55. The summed E-state index contributed by atoms with van der Waals surface area (Å²) in [4.78, 5) is 4.36. The summed E-state index contributed by atoms with van der Waals surface area (Å²) in [6, 6.07) is 16.6. The number of thiocarbonyl (C=S) groups is 1. The van der Waals surface area contributed by atoms with E-state index in [0.29, 0.717) is 30.9 Å². The Balaban J connectivity index is 1.66. The minimum Gasteiger partial charge on any atom is -0.383 e. The van der Waals surface area contributed by atoms with Gasteiger partial charge in [0.05, 0.1) is 18.7 Å². The van der Waals surface area contributed by atoms with Gasteiger partial charge in [-0.25, -0.2) is 4.39 Å². The van der Waals surface area contributed by atoms with E-state index in [1.807, 2.05) is 35.2 Å². The van der Waals surface area contributed by atoms with Gasteiger partial charge in [0.1, 0.15) is 11.5 Å². The first-order valence-corrected chi connectivity index (χ1v) is 12.1. The lowest BCUT2D eigenvalue weighted by Crippen LogP contribution is -2.39. The van der Waals surface area contributed by atoms with E-state index < -0.39 is 0 Å². The first kappa shape index (κ1) is 24.2. The highest BCUT2D eigenvalue weighted by Gasteiger charge is 2.29. The van der Waals surface area contributed by atoms with E-state index in [1.54, 1.807) is 19.2 Å². The van der Waals surface area contributed by atoms with E-state index in [0.717, 1.165) is 47.8 Å². The molecule has 34 heavy (non-hydrogen) atoms. The van der Waals surface area contributed by atoms with Crippen LogP contribution in [0.3, 0.4) is 0 Å². The smallest absolute Gasteiger partial charge is 0.233 e. The molecule has 1 saturated heterocycles. The first-order valence-electron chi connectivity index (χ1n) is 11.7. The first-order chi connectivity index (χ1) is 16.6. The van der Waals surface area contributed by atoms with Crippen molar-refractivity contribution >= 4 is 28.9 Å². The molecule has 1 atom stereocenters. The number of ether oxygens (including phenoxy) is 1. The van der Waals surface area contributed by atoms with Gasteiger partial charge in [0.2, 0.25) is 5.88 Å². The summed E-state index contributed by atoms with van der Waals surface area (Å²) in [6.45, 7) is 4.76. The van der Waals surface area contributed by atoms with Crippen LogP contribution in [0.4, 0.5) is 16.0 Å². The maximum atomic E-state index is 13.4. The number of nitrogens with one attached hydrogen (secondary N) is 1. The van der Waals surface area contributed by atoms with E-state index in [2.05, 4.69) is 22.3 Å². The number of halogens is 1. The highest BCUT2D eigenvalue weighted by molar-refractivity contribution is 7.80. The average Bonchev–Trinajstić information content (AvgIpc) is 3.27. The highest BCUT2D eigenvalue weighted by Crippen LogP contribution is 2.35.